The second-order valence-electron chi connectivity index (χ2n) is 7.14. The van der Waals surface area contributed by atoms with Gasteiger partial charge in [-0.3, -0.25) is 14.6 Å². The lowest BCUT2D eigenvalue weighted by Crippen LogP contribution is -2.48. The number of benzene rings is 1. The number of nitrogens with zero attached hydrogens (tertiary/aromatic N) is 2. The normalized spacial score (nSPS) is 17.7. The van der Waals surface area contributed by atoms with Crippen molar-refractivity contribution in [2.75, 3.05) is 51.3 Å². The van der Waals surface area contributed by atoms with Crippen molar-refractivity contribution in [1.82, 2.24) is 9.80 Å². The molecule has 156 valence electrons. The molecule has 0 radical (unpaired) electrons. The van der Waals surface area contributed by atoms with Crippen molar-refractivity contribution in [3.63, 3.8) is 0 Å². The van der Waals surface area contributed by atoms with E-state index in [0.29, 0.717) is 42.0 Å². The first-order valence-electron chi connectivity index (χ1n) is 9.65. The van der Waals surface area contributed by atoms with Crippen LogP contribution in [0.5, 0.6) is 11.5 Å². The molecule has 2 aromatic rings. The number of ether oxygens (including phenoxy) is 2. The van der Waals surface area contributed by atoms with Gasteiger partial charge in [-0.2, -0.15) is 0 Å². The van der Waals surface area contributed by atoms with Crippen LogP contribution in [0.25, 0.3) is 0 Å². The zero-order valence-electron chi connectivity index (χ0n) is 16.0. The third kappa shape index (κ3) is 5.55. The van der Waals surface area contributed by atoms with Crippen LogP contribution < -0.4 is 14.8 Å². The van der Waals surface area contributed by atoms with Gasteiger partial charge in [-0.25, -0.2) is 0 Å². The summed E-state index contributed by atoms with van der Waals surface area (Å²) in [5, 5.41) is 3.35. The molecular formula is C20H23Cl2N3O3S. The Morgan fingerprint density at radius 3 is 2.41 bits per heavy atom. The fraction of sp³-hybridized carbons (Fsp3) is 0.450. The van der Waals surface area contributed by atoms with Crippen molar-refractivity contribution in [3.8, 4) is 11.5 Å². The van der Waals surface area contributed by atoms with E-state index in [1.54, 1.807) is 23.5 Å². The van der Waals surface area contributed by atoms with Crippen molar-refractivity contribution in [1.29, 1.82) is 0 Å². The average molecular weight is 456 g/mol. The van der Waals surface area contributed by atoms with Crippen LogP contribution in [0.4, 0.5) is 5.69 Å². The lowest BCUT2D eigenvalue weighted by molar-refractivity contribution is -0.117. The number of amides is 1. The average Bonchev–Trinajstić information content (AvgIpc) is 2.96. The van der Waals surface area contributed by atoms with Gasteiger partial charge >= 0.3 is 0 Å². The van der Waals surface area contributed by atoms with Gasteiger partial charge in [-0.15, -0.1) is 11.3 Å². The Kier molecular flexibility index (Phi) is 6.82. The van der Waals surface area contributed by atoms with E-state index in [0.717, 1.165) is 43.5 Å². The Balaban J connectivity index is 1.28. The number of rotatable bonds is 5. The number of halogens is 2. The van der Waals surface area contributed by atoms with Crippen LogP contribution in [0.1, 0.15) is 11.3 Å². The van der Waals surface area contributed by atoms with Crippen LogP contribution in [0.15, 0.2) is 24.3 Å². The van der Waals surface area contributed by atoms with Gasteiger partial charge in [0.05, 0.1) is 34.8 Å². The Morgan fingerprint density at radius 2 is 1.72 bits per heavy atom. The monoisotopic (exact) mass is 455 g/mol. The van der Waals surface area contributed by atoms with Gasteiger partial charge < -0.3 is 14.8 Å². The van der Waals surface area contributed by atoms with E-state index in [2.05, 4.69) is 21.2 Å². The molecule has 4 rings (SSSR count). The fourth-order valence-electron chi connectivity index (χ4n) is 3.44. The number of carbonyl (C=O) groups excluding carboxylic acids is 1. The summed E-state index contributed by atoms with van der Waals surface area (Å²) >= 11 is 13.9. The van der Waals surface area contributed by atoms with Crippen molar-refractivity contribution in [2.24, 2.45) is 0 Å². The Hall–Kier alpha value is -1.51. The molecule has 9 heteroatoms. The largest absolute Gasteiger partial charge is 0.490 e. The highest BCUT2D eigenvalue weighted by Crippen LogP contribution is 2.37. The molecule has 6 nitrogen and oxygen atoms in total. The molecule has 2 aliphatic rings. The summed E-state index contributed by atoms with van der Waals surface area (Å²) in [6.45, 7) is 5.97. The van der Waals surface area contributed by atoms with Crippen LogP contribution in [0.2, 0.25) is 9.36 Å². The molecule has 1 aromatic heterocycles. The van der Waals surface area contributed by atoms with Crippen LogP contribution in [0.3, 0.4) is 0 Å². The van der Waals surface area contributed by atoms with Crippen LogP contribution >= 0.6 is 34.5 Å². The van der Waals surface area contributed by atoms with Gasteiger partial charge in [0.15, 0.2) is 11.5 Å². The summed E-state index contributed by atoms with van der Waals surface area (Å²) in [4.78, 5) is 18.3. The maximum absolute atomic E-state index is 12.5. The lowest BCUT2D eigenvalue weighted by Gasteiger charge is -2.34. The molecule has 0 unspecified atom stereocenters. The number of hydrogen-bond donors (Lipinski definition) is 1. The molecule has 0 saturated carbocycles. The van der Waals surface area contributed by atoms with Crippen LogP contribution in [0, 0.1) is 0 Å². The molecule has 0 spiro atoms. The summed E-state index contributed by atoms with van der Waals surface area (Å²) < 4.78 is 12.1. The second kappa shape index (κ2) is 9.53. The minimum atomic E-state index is -0.0834. The van der Waals surface area contributed by atoms with E-state index in [-0.39, 0.29) is 5.91 Å². The summed E-state index contributed by atoms with van der Waals surface area (Å²) in [6.07, 6.45) is 0.819. The summed E-state index contributed by atoms with van der Waals surface area (Å²) in [5.74, 6) is 1.15. The highest BCUT2D eigenvalue weighted by molar-refractivity contribution is 7.16. The first-order valence-corrected chi connectivity index (χ1v) is 11.2. The molecule has 1 aromatic carbocycles. The quantitative estimate of drug-likeness (QED) is 0.738. The van der Waals surface area contributed by atoms with Crippen molar-refractivity contribution in [2.45, 2.75) is 13.0 Å². The molecule has 0 aliphatic carbocycles. The Morgan fingerprint density at radius 1 is 1.03 bits per heavy atom. The highest BCUT2D eigenvalue weighted by Gasteiger charge is 2.21. The highest BCUT2D eigenvalue weighted by atomic mass is 35.5. The third-order valence-corrected chi connectivity index (χ3v) is 6.48. The predicted octanol–water partition coefficient (Wildman–Crippen LogP) is 3.97. The van der Waals surface area contributed by atoms with Gasteiger partial charge in [0.1, 0.15) is 0 Å². The maximum Gasteiger partial charge on any atom is 0.238 e. The number of fused-ring (bicyclic) bond motifs is 1. The van der Waals surface area contributed by atoms with Gasteiger partial charge in [0.25, 0.3) is 0 Å². The van der Waals surface area contributed by atoms with Gasteiger partial charge in [0, 0.05) is 56.2 Å². The molecule has 1 fully saturated rings. The van der Waals surface area contributed by atoms with Crippen molar-refractivity contribution < 1.29 is 14.3 Å². The first kappa shape index (κ1) is 20.8. The number of hydrogen-bond acceptors (Lipinski definition) is 6. The minimum absolute atomic E-state index is 0.0834. The fourth-order valence-corrected chi connectivity index (χ4v) is 4.77. The molecule has 3 heterocycles. The van der Waals surface area contributed by atoms with E-state index in [4.69, 9.17) is 32.7 Å². The van der Waals surface area contributed by atoms with E-state index >= 15 is 0 Å². The topological polar surface area (TPSA) is 54.0 Å². The zero-order valence-corrected chi connectivity index (χ0v) is 18.3. The van der Waals surface area contributed by atoms with E-state index in [1.807, 2.05) is 6.07 Å². The lowest BCUT2D eigenvalue weighted by atomic mass is 10.2. The van der Waals surface area contributed by atoms with Gasteiger partial charge in [0.2, 0.25) is 5.91 Å². The summed E-state index contributed by atoms with van der Waals surface area (Å²) in [5.41, 5.74) is 0.550. The minimum Gasteiger partial charge on any atom is -0.490 e. The summed E-state index contributed by atoms with van der Waals surface area (Å²) in [6, 6.07) is 7.46. The zero-order chi connectivity index (χ0) is 20.2. The van der Waals surface area contributed by atoms with Crippen molar-refractivity contribution in [3.05, 3.63) is 38.5 Å². The number of carbonyl (C=O) groups is 1. The maximum atomic E-state index is 12.5. The van der Waals surface area contributed by atoms with Crippen LogP contribution in [-0.2, 0) is 11.3 Å². The number of nitrogens with one attached hydrogen (secondary N) is 1. The van der Waals surface area contributed by atoms with Gasteiger partial charge in [-0.1, -0.05) is 23.2 Å². The van der Waals surface area contributed by atoms with Crippen LogP contribution in [-0.4, -0.2) is 61.6 Å². The Bertz CT molecular complexity index is 869. The van der Waals surface area contributed by atoms with E-state index < -0.39 is 0 Å². The molecule has 1 saturated heterocycles. The van der Waals surface area contributed by atoms with E-state index in [1.165, 1.54) is 4.88 Å². The summed E-state index contributed by atoms with van der Waals surface area (Å²) in [7, 11) is 0. The molecule has 2 aliphatic heterocycles. The van der Waals surface area contributed by atoms with Gasteiger partial charge in [-0.05, 0) is 12.1 Å². The molecule has 1 amide bonds. The van der Waals surface area contributed by atoms with Crippen molar-refractivity contribution >= 4 is 46.1 Å². The molecule has 0 atom stereocenters. The second-order valence-corrected chi connectivity index (χ2v) is 9.34. The SMILES string of the molecule is O=C(CN1CCN(Cc2ccc(Cl)s2)CC1)Nc1cc2c(cc1Cl)OCCCO2. The smallest absolute Gasteiger partial charge is 0.238 e. The number of piperazine rings is 1. The molecule has 29 heavy (non-hydrogen) atoms. The number of anilines is 1. The third-order valence-electron chi connectivity index (χ3n) is 4.95. The Labute approximate surface area is 184 Å². The van der Waals surface area contributed by atoms with E-state index in [9.17, 15) is 4.79 Å². The molecule has 0 bridgehead atoms. The first-order chi connectivity index (χ1) is 14.1. The molecular weight excluding hydrogens is 433 g/mol. The molecule has 1 N–H and O–H groups in total. The number of thiophene rings is 1. The predicted molar refractivity (Wildman–Crippen MR) is 117 cm³/mol. The standard InChI is InChI=1S/C20H23Cl2N3O3S/c21-15-10-17-18(28-9-1-8-27-17)11-16(15)23-20(26)13-25-6-4-24(5-7-25)12-14-2-3-19(22)29-14/h2-3,10-11H,1,4-9,12-13H2,(H,23,26).